The molecular formula is C25H31Cl2N3O5S. The van der Waals surface area contributed by atoms with Crippen LogP contribution >= 0.6 is 23.2 Å². The quantitative estimate of drug-likeness (QED) is 0.416. The highest BCUT2D eigenvalue weighted by molar-refractivity contribution is 7.92. The maximum Gasteiger partial charge on any atom is 0.244 e. The fraction of sp³-hybridized carbons (Fsp3) is 0.400. The molecule has 0 aromatic heterocycles. The fourth-order valence-corrected chi connectivity index (χ4v) is 4.79. The lowest BCUT2D eigenvalue weighted by atomic mass is 10.1. The van der Waals surface area contributed by atoms with Crippen LogP contribution in [0.25, 0.3) is 0 Å². The van der Waals surface area contributed by atoms with Crippen molar-refractivity contribution in [3.63, 3.8) is 0 Å². The number of carbonyl (C=O) groups excluding carboxylic acids is 3. The summed E-state index contributed by atoms with van der Waals surface area (Å²) in [5.74, 6) is -1.19. The number of anilines is 1. The van der Waals surface area contributed by atoms with Gasteiger partial charge in [-0.15, -0.1) is 0 Å². The minimum absolute atomic E-state index is 0.00479. The van der Waals surface area contributed by atoms with Gasteiger partial charge in [0.25, 0.3) is 0 Å². The second kappa shape index (κ2) is 12.6. The second-order valence-electron chi connectivity index (χ2n) is 8.73. The number of nitrogens with one attached hydrogen (secondary N) is 1. The van der Waals surface area contributed by atoms with Gasteiger partial charge in [0, 0.05) is 18.2 Å². The van der Waals surface area contributed by atoms with E-state index in [1.165, 1.54) is 24.0 Å². The summed E-state index contributed by atoms with van der Waals surface area (Å²) in [6.45, 7) is 6.20. The number of nitrogens with zero attached hydrogens (tertiary/aromatic N) is 2. The molecule has 0 radical (unpaired) electrons. The van der Waals surface area contributed by atoms with Crippen molar-refractivity contribution >= 4 is 56.5 Å². The van der Waals surface area contributed by atoms with E-state index in [4.69, 9.17) is 23.2 Å². The predicted octanol–water partition coefficient (Wildman–Crippen LogP) is 4.29. The third-order valence-electron chi connectivity index (χ3n) is 5.37. The van der Waals surface area contributed by atoms with E-state index in [1.807, 2.05) is 13.8 Å². The second-order valence-corrected chi connectivity index (χ2v) is 11.5. The molecule has 1 atom stereocenters. The number of hydrogen-bond acceptors (Lipinski definition) is 5. The summed E-state index contributed by atoms with van der Waals surface area (Å²) in [7, 11) is -3.91. The number of rotatable bonds is 11. The van der Waals surface area contributed by atoms with Gasteiger partial charge in [0.2, 0.25) is 21.8 Å². The summed E-state index contributed by atoms with van der Waals surface area (Å²) in [6, 6.07) is 9.90. The van der Waals surface area contributed by atoms with Crippen LogP contribution in [0.2, 0.25) is 10.0 Å². The van der Waals surface area contributed by atoms with Gasteiger partial charge >= 0.3 is 0 Å². The summed E-state index contributed by atoms with van der Waals surface area (Å²) >= 11 is 12.2. The lowest BCUT2D eigenvalue weighted by Gasteiger charge is -2.33. The molecule has 0 bridgehead atoms. The van der Waals surface area contributed by atoms with Crippen molar-refractivity contribution in [3.05, 3.63) is 63.6 Å². The summed E-state index contributed by atoms with van der Waals surface area (Å²) in [6.07, 6.45) is 1.27. The van der Waals surface area contributed by atoms with Crippen LogP contribution in [0.3, 0.4) is 0 Å². The van der Waals surface area contributed by atoms with Gasteiger partial charge in [0.05, 0.1) is 22.0 Å². The largest absolute Gasteiger partial charge is 0.352 e. The van der Waals surface area contributed by atoms with Crippen molar-refractivity contribution in [1.29, 1.82) is 0 Å². The molecule has 2 aromatic rings. The normalized spacial score (nSPS) is 12.2. The van der Waals surface area contributed by atoms with E-state index in [9.17, 15) is 22.8 Å². The molecule has 0 saturated heterocycles. The molecule has 36 heavy (non-hydrogen) atoms. The minimum Gasteiger partial charge on any atom is -0.352 e. The van der Waals surface area contributed by atoms with E-state index in [0.717, 1.165) is 10.6 Å². The van der Waals surface area contributed by atoms with E-state index in [2.05, 4.69) is 5.32 Å². The molecule has 2 amide bonds. The Hall–Kier alpha value is -2.62. The highest BCUT2D eigenvalue weighted by Gasteiger charge is 2.32. The number of hydrogen-bond donors (Lipinski definition) is 1. The van der Waals surface area contributed by atoms with Gasteiger partial charge in [0.1, 0.15) is 12.6 Å². The molecule has 0 saturated carbocycles. The van der Waals surface area contributed by atoms with Crippen LogP contribution in [0.1, 0.15) is 50.0 Å². The molecule has 0 aliphatic carbocycles. The van der Waals surface area contributed by atoms with Crippen LogP contribution in [-0.2, 0) is 26.2 Å². The Balaban J connectivity index is 2.50. The number of ketones is 1. The molecule has 0 fully saturated rings. The van der Waals surface area contributed by atoms with Gasteiger partial charge in [-0.05, 0) is 57.0 Å². The van der Waals surface area contributed by atoms with Crippen LogP contribution in [0.5, 0.6) is 0 Å². The summed E-state index contributed by atoms with van der Waals surface area (Å²) in [5.41, 5.74) is 1.11. The monoisotopic (exact) mass is 555 g/mol. The number of amides is 2. The molecular weight excluding hydrogens is 525 g/mol. The molecule has 11 heteroatoms. The molecule has 0 heterocycles. The number of benzene rings is 2. The molecule has 0 aliphatic rings. The van der Waals surface area contributed by atoms with Crippen molar-refractivity contribution in [3.8, 4) is 0 Å². The van der Waals surface area contributed by atoms with Gasteiger partial charge in [-0.25, -0.2) is 8.42 Å². The van der Waals surface area contributed by atoms with Crippen molar-refractivity contribution in [1.82, 2.24) is 10.2 Å². The molecule has 2 aromatic carbocycles. The number of halogens is 2. The first-order chi connectivity index (χ1) is 16.7. The molecule has 0 spiro atoms. The Morgan fingerprint density at radius 2 is 1.69 bits per heavy atom. The molecule has 0 aliphatic heterocycles. The van der Waals surface area contributed by atoms with Gasteiger partial charge in [-0.1, -0.05) is 48.3 Å². The van der Waals surface area contributed by atoms with Crippen LogP contribution in [0.15, 0.2) is 42.5 Å². The lowest BCUT2D eigenvalue weighted by molar-refractivity contribution is -0.140. The summed E-state index contributed by atoms with van der Waals surface area (Å²) < 4.78 is 26.3. The average molecular weight is 557 g/mol. The van der Waals surface area contributed by atoms with E-state index in [1.54, 1.807) is 37.3 Å². The SMILES string of the molecule is CC[C@H](C(=O)NC(C)C)N(Cc1ccc(Cl)c(Cl)c1)C(=O)CN(c1cccc(C(C)=O)c1)S(C)(=O)=O. The highest BCUT2D eigenvalue weighted by Crippen LogP contribution is 2.25. The maximum atomic E-state index is 13.7. The van der Waals surface area contributed by atoms with Crippen LogP contribution < -0.4 is 9.62 Å². The Bertz CT molecular complexity index is 1230. The maximum absolute atomic E-state index is 13.7. The topological polar surface area (TPSA) is 104 Å². The standard InChI is InChI=1S/C25H31Cl2N3O5S/c1-6-23(25(33)28-16(2)3)29(14-18-10-11-21(26)22(27)12-18)24(32)15-30(36(5,34)35)20-9-7-8-19(13-20)17(4)31/h7-13,16,23H,6,14-15H2,1-5H3,(H,28,33)/t23-/m1/s1. The van der Waals surface area contributed by atoms with Gasteiger partial charge in [-0.2, -0.15) is 0 Å². The predicted molar refractivity (Wildman–Crippen MR) is 143 cm³/mol. The Morgan fingerprint density at radius 1 is 1.03 bits per heavy atom. The van der Waals surface area contributed by atoms with Crippen LogP contribution in [0, 0.1) is 0 Å². The van der Waals surface area contributed by atoms with Crippen molar-refractivity contribution < 1.29 is 22.8 Å². The van der Waals surface area contributed by atoms with E-state index in [-0.39, 0.29) is 30.0 Å². The number of carbonyl (C=O) groups is 3. The molecule has 0 unspecified atom stereocenters. The number of sulfonamides is 1. The first-order valence-electron chi connectivity index (χ1n) is 11.4. The zero-order valence-corrected chi connectivity index (χ0v) is 23.2. The summed E-state index contributed by atoms with van der Waals surface area (Å²) in [4.78, 5) is 39.8. The average Bonchev–Trinajstić information content (AvgIpc) is 2.78. The van der Waals surface area contributed by atoms with E-state index >= 15 is 0 Å². The molecule has 2 rings (SSSR count). The highest BCUT2D eigenvalue weighted by atomic mass is 35.5. The van der Waals surface area contributed by atoms with Gasteiger partial charge in [0.15, 0.2) is 5.78 Å². The van der Waals surface area contributed by atoms with Crippen molar-refractivity contribution in [2.24, 2.45) is 0 Å². The minimum atomic E-state index is -3.91. The first kappa shape index (κ1) is 29.6. The third-order valence-corrected chi connectivity index (χ3v) is 7.25. The van der Waals surface area contributed by atoms with E-state index < -0.39 is 28.5 Å². The number of Topliss-reactive ketones (excluding diaryl/α,β-unsaturated/α-hetero) is 1. The molecule has 1 N–H and O–H groups in total. The van der Waals surface area contributed by atoms with Crippen molar-refractivity contribution in [2.75, 3.05) is 17.1 Å². The van der Waals surface area contributed by atoms with Crippen molar-refractivity contribution in [2.45, 2.75) is 52.7 Å². The zero-order valence-electron chi connectivity index (χ0n) is 20.9. The fourth-order valence-electron chi connectivity index (χ4n) is 3.63. The van der Waals surface area contributed by atoms with Crippen LogP contribution in [-0.4, -0.2) is 55.8 Å². The Morgan fingerprint density at radius 3 is 2.22 bits per heavy atom. The zero-order chi connectivity index (χ0) is 27.2. The first-order valence-corrected chi connectivity index (χ1v) is 14.0. The van der Waals surface area contributed by atoms with Gasteiger partial charge < -0.3 is 10.2 Å². The van der Waals surface area contributed by atoms with E-state index in [0.29, 0.717) is 27.6 Å². The van der Waals surface area contributed by atoms with Gasteiger partial charge in [-0.3, -0.25) is 18.7 Å². The molecule has 196 valence electrons. The Kier molecular flexibility index (Phi) is 10.3. The molecule has 8 nitrogen and oxygen atoms in total. The lowest BCUT2D eigenvalue weighted by Crippen LogP contribution is -2.53. The van der Waals surface area contributed by atoms with Crippen LogP contribution in [0.4, 0.5) is 5.69 Å². The Labute approximate surface area is 222 Å². The smallest absolute Gasteiger partial charge is 0.244 e. The summed E-state index contributed by atoms with van der Waals surface area (Å²) in [5, 5.41) is 3.46. The third kappa shape index (κ3) is 7.94.